The normalized spacial score (nSPS) is 30.8. The third-order valence-electron chi connectivity index (χ3n) is 6.41. The molecule has 1 spiro atoms. The minimum atomic E-state index is 0.323. The quantitative estimate of drug-likeness (QED) is 0.860. The lowest BCUT2D eigenvalue weighted by atomic mass is 9.65. The first-order valence-electron chi connectivity index (χ1n) is 8.73. The number of rotatable bonds is 3. The molecule has 2 aliphatic carbocycles. The van der Waals surface area contributed by atoms with E-state index in [1.807, 2.05) is 0 Å². The Hall–Kier alpha value is -1.64. The van der Waals surface area contributed by atoms with Crippen molar-refractivity contribution in [3.63, 3.8) is 0 Å². The molecule has 118 valence electrons. The van der Waals surface area contributed by atoms with Crippen molar-refractivity contribution in [1.82, 2.24) is 4.90 Å². The van der Waals surface area contributed by atoms with E-state index in [-0.39, 0.29) is 0 Å². The van der Waals surface area contributed by atoms with Gasteiger partial charge in [-0.15, -0.1) is 0 Å². The Morgan fingerprint density at radius 3 is 2.61 bits per heavy atom. The number of fused-ring (bicyclic) bond motifs is 3. The van der Waals surface area contributed by atoms with Gasteiger partial charge in [0, 0.05) is 44.0 Å². The lowest BCUT2D eigenvalue weighted by Crippen LogP contribution is -2.35. The van der Waals surface area contributed by atoms with Gasteiger partial charge >= 0.3 is 0 Å². The third kappa shape index (κ3) is 1.76. The van der Waals surface area contributed by atoms with Crippen molar-refractivity contribution in [2.24, 2.45) is 0 Å². The average molecular weight is 305 g/mol. The van der Waals surface area contributed by atoms with E-state index in [0.29, 0.717) is 17.3 Å². The van der Waals surface area contributed by atoms with Crippen LogP contribution in [0.5, 0.6) is 0 Å². The molecule has 3 aliphatic rings. The summed E-state index contributed by atoms with van der Waals surface area (Å²) in [6, 6.07) is 18.4. The van der Waals surface area contributed by atoms with Gasteiger partial charge in [-0.1, -0.05) is 48.5 Å². The lowest BCUT2D eigenvalue weighted by Gasteiger charge is -2.37. The molecule has 3 unspecified atom stereocenters. The molecule has 0 radical (unpaired) electrons. The van der Waals surface area contributed by atoms with Crippen LogP contribution in [-0.2, 0) is 10.2 Å². The summed E-state index contributed by atoms with van der Waals surface area (Å²) < 4.78 is 5.33. The largest absolute Gasteiger partial charge is 0.383 e. The van der Waals surface area contributed by atoms with E-state index in [0.717, 1.165) is 13.2 Å². The molecule has 2 nitrogen and oxygen atoms in total. The fraction of sp³-hybridized carbons (Fsp3) is 0.429. The number of benzene rings is 2. The molecular formula is C21H23NO. The Labute approximate surface area is 138 Å². The molecule has 23 heavy (non-hydrogen) atoms. The second-order valence-electron chi connectivity index (χ2n) is 7.41. The zero-order chi connectivity index (χ0) is 15.4. The molecule has 0 saturated carbocycles. The molecule has 0 N–H and O–H groups in total. The Balaban J connectivity index is 1.67. The number of hydrogen-bond donors (Lipinski definition) is 0. The van der Waals surface area contributed by atoms with Gasteiger partial charge in [0.1, 0.15) is 0 Å². The summed E-state index contributed by atoms with van der Waals surface area (Å²) in [5.74, 6) is 1.23. The predicted molar refractivity (Wildman–Crippen MR) is 92.1 cm³/mol. The zero-order valence-electron chi connectivity index (χ0n) is 13.7. The number of likely N-dealkylation sites (tertiary alicyclic amines) is 1. The fourth-order valence-electron chi connectivity index (χ4n) is 5.53. The first-order chi connectivity index (χ1) is 11.3. The topological polar surface area (TPSA) is 12.5 Å². The minimum absolute atomic E-state index is 0.323. The van der Waals surface area contributed by atoms with Crippen molar-refractivity contribution in [3.8, 4) is 0 Å². The third-order valence-corrected chi connectivity index (χ3v) is 6.41. The molecule has 1 aliphatic heterocycles. The second kappa shape index (κ2) is 4.93. The van der Waals surface area contributed by atoms with E-state index in [2.05, 4.69) is 53.4 Å². The minimum Gasteiger partial charge on any atom is -0.383 e. The monoisotopic (exact) mass is 305 g/mol. The highest BCUT2D eigenvalue weighted by Gasteiger charge is 2.57. The molecule has 0 aromatic heterocycles. The molecule has 2 heteroatoms. The zero-order valence-corrected chi connectivity index (χ0v) is 13.7. The molecule has 1 saturated heterocycles. The van der Waals surface area contributed by atoms with Gasteiger partial charge in [0.15, 0.2) is 0 Å². The fourth-order valence-corrected chi connectivity index (χ4v) is 5.53. The van der Waals surface area contributed by atoms with Gasteiger partial charge < -0.3 is 4.74 Å². The predicted octanol–water partition coefficient (Wildman–Crippen LogP) is 3.52. The summed E-state index contributed by atoms with van der Waals surface area (Å²) in [6.45, 7) is 4.23. The van der Waals surface area contributed by atoms with E-state index in [1.54, 1.807) is 29.4 Å². The molecule has 5 rings (SSSR count). The summed E-state index contributed by atoms with van der Waals surface area (Å²) in [4.78, 5) is 2.62. The Bertz CT molecular complexity index is 744. The van der Waals surface area contributed by atoms with Gasteiger partial charge in [-0.3, -0.25) is 4.90 Å². The van der Waals surface area contributed by atoms with Crippen LogP contribution in [0.4, 0.5) is 0 Å². The van der Waals surface area contributed by atoms with Gasteiger partial charge in [0.05, 0.1) is 6.61 Å². The van der Waals surface area contributed by atoms with E-state index in [9.17, 15) is 0 Å². The lowest BCUT2D eigenvalue weighted by molar-refractivity contribution is 0.157. The van der Waals surface area contributed by atoms with Crippen molar-refractivity contribution >= 4 is 0 Å². The van der Waals surface area contributed by atoms with Crippen LogP contribution in [0.15, 0.2) is 48.5 Å². The van der Waals surface area contributed by atoms with Gasteiger partial charge in [-0.05, 0) is 28.7 Å². The summed E-state index contributed by atoms with van der Waals surface area (Å²) >= 11 is 0. The summed E-state index contributed by atoms with van der Waals surface area (Å²) in [7, 11) is 1.80. The van der Waals surface area contributed by atoms with E-state index < -0.39 is 0 Å². The highest BCUT2D eigenvalue weighted by Crippen LogP contribution is 2.62. The van der Waals surface area contributed by atoms with Crippen molar-refractivity contribution < 1.29 is 4.74 Å². The molecule has 0 amide bonds. The van der Waals surface area contributed by atoms with Gasteiger partial charge in [0.25, 0.3) is 0 Å². The number of hydrogen-bond acceptors (Lipinski definition) is 2. The maximum absolute atomic E-state index is 5.33. The molecule has 1 heterocycles. The molecule has 1 fully saturated rings. The molecular weight excluding hydrogens is 282 g/mol. The Morgan fingerprint density at radius 2 is 1.78 bits per heavy atom. The number of nitrogens with zero attached hydrogens (tertiary/aromatic N) is 1. The van der Waals surface area contributed by atoms with Crippen molar-refractivity contribution in [2.75, 3.05) is 33.4 Å². The first kappa shape index (κ1) is 13.8. The van der Waals surface area contributed by atoms with Crippen LogP contribution in [0.1, 0.15) is 40.5 Å². The van der Waals surface area contributed by atoms with Crippen LogP contribution in [0.25, 0.3) is 0 Å². The standard InChI is InChI=1S/C21H23NO/c1-23-11-10-22-13-20-16-7-3-2-6-15(16)18-12-21(20,14-22)19-9-5-4-8-17(18)19/h2-9,18,20H,10-14H2,1H3. The highest BCUT2D eigenvalue weighted by atomic mass is 16.5. The van der Waals surface area contributed by atoms with Gasteiger partial charge in [-0.25, -0.2) is 0 Å². The van der Waals surface area contributed by atoms with Crippen LogP contribution in [0, 0.1) is 0 Å². The van der Waals surface area contributed by atoms with E-state index in [1.165, 1.54) is 19.5 Å². The van der Waals surface area contributed by atoms with Crippen LogP contribution >= 0.6 is 0 Å². The van der Waals surface area contributed by atoms with Crippen molar-refractivity contribution in [2.45, 2.75) is 23.7 Å². The molecule has 3 atom stereocenters. The maximum Gasteiger partial charge on any atom is 0.0589 e. The highest BCUT2D eigenvalue weighted by molar-refractivity contribution is 5.58. The molecule has 2 aromatic carbocycles. The summed E-state index contributed by atoms with van der Waals surface area (Å²) in [6.07, 6.45) is 1.29. The van der Waals surface area contributed by atoms with Crippen LogP contribution in [-0.4, -0.2) is 38.3 Å². The molecule has 2 aromatic rings. The average Bonchev–Trinajstić information content (AvgIpc) is 3.12. The summed E-state index contributed by atoms with van der Waals surface area (Å²) in [5, 5.41) is 0. The van der Waals surface area contributed by atoms with E-state index in [4.69, 9.17) is 4.74 Å². The van der Waals surface area contributed by atoms with Gasteiger partial charge in [0.2, 0.25) is 0 Å². The number of methoxy groups -OCH3 is 1. The van der Waals surface area contributed by atoms with Gasteiger partial charge in [-0.2, -0.15) is 0 Å². The van der Waals surface area contributed by atoms with Crippen LogP contribution in [0.3, 0.4) is 0 Å². The first-order valence-corrected chi connectivity index (χ1v) is 8.73. The smallest absolute Gasteiger partial charge is 0.0589 e. The second-order valence-corrected chi connectivity index (χ2v) is 7.41. The van der Waals surface area contributed by atoms with Crippen LogP contribution < -0.4 is 0 Å². The summed E-state index contributed by atoms with van der Waals surface area (Å²) in [5.41, 5.74) is 6.69. The van der Waals surface area contributed by atoms with Crippen molar-refractivity contribution in [3.05, 3.63) is 70.8 Å². The van der Waals surface area contributed by atoms with E-state index >= 15 is 0 Å². The SMILES string of the molecule is COCCN1CC2c3ccccc3C3CC2(C1)c1ccccc13. The Kier molecular flexibility index (Phi) is 2.95. The van der Waals surface area contributed by atoms with Crippen molar-refractivity contribution in [1.29, 1.82) is 0 Å². The molecule has 2 bridgehead atoms. The van der Waals surface area contributed by atoms with Crippen LogP contribution in [0.2, 0.25) is 0 Å². The Morgan fingerprint density at radius 1 is 1.04 bits per heavy atom. The number of ether oxygens (including phenoxy) is 1. The maximum atomic E-state index is 5.33.